The summed E-state index contributed by atoms with van der Waals surface area (Å²) in [4.78, 5) is 29.0. The Morgan fingerprint density at radius 3 is 2.87 bits per heavy atom. The third-order valence-electron chi connectivity index (χ3n) is 5.22. The van der Waals surface area contributed by atoms with Crippen LogP contribution in [0.2, 0.25) is 0 Å². The molecule has 4 heterocycles. The highest BCUT2D eigenvalue weighted by Gasteiger charge is 2.47. The van der Waals surface area contributed by atoms with Crippen LogP contribution in [0.15, 0.2) is 12.4 Å². The van der Waals surface area contributed by atoms with Crippen molar-refractivity contribution in [2.24, 2.45) is 7.05 Å². The first-order chi connectivity index (χ1) is 11.1. The molecule has 3 fully saturated rings. The van der Waals surface area contributed by atoms with E-state index in [9.17, 15) is 9.59 Å². The normalized spacial score (nSPS) is 30.8. The predicted octanol–water partition coefficient (Wildman–Crippen LogP) is 0.695. The number of likely N-dealkylation sites (tertiary alicyclic amines) is 1. The smallest absolute Gasteiger partial charge is 0.252 e. The molecule has 3 aliphatic rings. The first-order valence-corrected chi connectivity index (χ1v) is 8.38. The highest BCUT2D eigenvalue weighted by molar-refractivity contribution is 5.95. The molecule has 1 aromatic heterocycles. The zero-order valence-electron chi connectivity index (χ0n) is 13.4. The Morgan fingerprint density at radius 2 is 2.17 bits per heavy atom. The lowest BCUT2D eigenvalue weighted by molar-refractivity contribution is -0.142. The Kier molecular flexibility index (Phi) is 3.60. The standard InChI is InChI=1S/C16H22N4O3/c1-18-10-11(9-17-18)20-13-6-7-19(12(13)4-5-15(20)21)16(22)14-3-2-8-23-14/h9-10,12-14H,2-8H2,1H3/t12-,13-,14?/m1/s1. The monoisotopic (exact) mass is 318 g/mol. The second-order valence-electron chi connectivity index (χ2n) is 6.63. The SMILES string of the molecule is Cn1cc(N2C(=O)CC[C@@H]3[C@H]2CCN3C(=O)C2CCCO2)cn1. The lowest BCUT2D eigenvalue weighted by atomic mass is 9.95. The molecule has 7 nitrogen and oxygen atoms in total. The number of hydrogen-bond donors (Lipinski definition) is 0. The molecule has 0 aromatic carbocycles. The summed E-state index contributed by atoms with van der Waals surface area (Å²) in [6.45, 7) is 1.39. The summed E-state index contributed by atoms with van der Waals surface area (Å²) in [7, 11) is 1.84. The van der Waals surface area contributed by atoms with Crippen molar-refractivity contribution in [1.29, 1.82) is 0 Å². The van der Waals surface area contributed by atoms with Gasteiger partial charge in [0, 0.05) is 32.8 Å². The van der Waals surface area contributed by atoms with E-state index in [1.165, 1.54) is 0 Å². The van der Waals surface area contributed by atoms with Gasteiger partial charge in [-0.3, -0.25) is 14.3 Å². The van der Waals surface area contributed by atoms with Crippen LogP contribution in [0.1, 0.15) is 32.1 Å². The molecule has 124 valence electrons. The summed E-state index contributed by atoms with van der Waals surface area (Å²) < 4.78 is 7.26. The first-order valence-electron chi connectivity index (χ1n) is 8.38. The lowest BCUT2D eigenvalue weighted by Gasteiger charge is -2.39. The zero-order valence-corrected chi connectivity index (χ0v) is 13.4. The summed E-state index contributed by atoms with van der Waals surface area (Å²) in [5.74, 6) is 0.237. The van der Waals surface area contributed by atoms with Crippen LogP contribution in [-0.2, 0) is 21.4 Å². The van der Waals surface area contributed by atoms with Crippen LogP contribution in [0.25, 0.3) is 0 Å². The predicted molar refractivity (Wildman–Crippen MR) is 82.8 cm³/mol. The maximum absolute atomic E-state index is 12.7. The van der Waals surface area contributed by atoms with Gasteiger partial charge in [-0.15, -0.1) is 0 Å². The van der Waals surface area contributed by atoms with Crippen molar-refractivity contribution in [3.05, 3.63) is 12.4 Å². The number of aromatic nitrogens is 2. The third-order valence-corrected chi connectivity index (χ3v) is 5.22. The number of ether oxygens (including phenoxy) is 1. The zero-order chi connectivity index (χ0) is 16.0. The van der Waals surface area contributed by atoms with Gasteiger partial charge >= 0.3 is 0 Å². The van der Waals surface area contributed by atoms with Gasteiger partial charge in [0.25, 0.3) is 5.91 Å². The van der Waals surface area contributed by atoms with E-state index < -0.39 is 0 Å². The number of fused-ring (bicyclic) bond motifs is 1. The van der Waals surface area contributed by atoms with Crippen LogP contribution in [0.4, 0.5) is 5.69 Å². The molecule has 0 spiro atoms. The highest BCUT2D eigenvalue weighted by Crippen LogP contribution is 2.35. The molecule has 23 heavy (non-hydrogen) atoms. The van der Waals surface area contributed by atoms with Crippen molar-refractivity contribution >= 4 is 17.5 Å². The molecule has 3 atom stereocenters. The molecule has 0 aliphatic carbocycles. The van der Waals surface area contributed by atoms with Gasteiger partial charge in [-0.25, -0.2) is 0 Å². The fraction of sp³-hybridized carbons (Fsp3) is 0.688. The fourth-order valence-electron chi connectivity index (χ4n) is 4.16. The minimum Gasteiger partial charge on any atom is -0.368 e. The minimum absolute atomic E-state index is 0.0609. The van der Waals surface area contributed by atoms with Gasteiger partial charge in [-0.05, 0) is 25.7 Å². The lowest BCUT2D eigenvalue weighted by Crippen LogP contribution is -2.54. The Bertz CT molecular complexity index is 623. The Labute approximate surface area is 135 Å². The molecule has 0 bridgehead atoms. The molecule has 0 N–H and O–H groups in total. The van der Waals surface area contributed by atoms with E-state index in [1.807, 2.05) is 23.0 Å². The number of amides is 2. The van der Waals surface area contributed by atoms with Crippen molar-refractivity contribution in [3.8, 4) is 0 Å². The van der Waals surface area contributed by atoms with Crippen molar-refractivity contribution in [2.75, 3.05) is 18.1 Å². The van der Waals surface area contributed by atoms with E-state index in [-0.39, 0.29) is 30.0 Å². The minimum atomic E-state index is -0.279. The fourth-order valence-corrected chi connectivity index (χ4v) is 4.16. The van der Waals surface area contributed by atoms with Gasteiger partial charge in [0.2, 0.25) is 5.91 Å². The van der Waals surface area contributed by atoms with Crippen molar-refractivity contribution in [2.45, 2.75) is 50.3 Å². The van der Waals surface area contributed by atoms with Gasteiger partial charge in [0.05, 0.1) is 24.0 Å². The molecular formula is C16H22N4O3. The topological polar surface area (TPSA) is 67.7 Å². The number of piperidine rings is 1. The van der Waals surface area contributed by atoms with Gasteiger partial charge in [0.15, 0.2) is 0 Å². The summed E-state index contributed by atoms with van der Waals surface area (Å²) in [5, 5.41) is 4.18. The number of carbonyl (C=O) groups is 2. The van der Waals surface area contributed by atoms with Crippen LogP contribution in [-0.4, -0.2) is 57.8 Å². The second kappa shape index (κ2) is 5.63. The number of nitrogens with zero attached hydrogens (tertiary/aromatic N) is 4. The van der Waals surface area contributed by atoms with Gasteiger partial charge < -0.3 is 14.5 Å². The second-order valence-corrected chi connectivity index (χ2v) is 6.63. The number of carbonyl (C=O) groups excluding carboxylic acids is 2. The number of hydrogen-bond acceptors (Lipinski definition) is 4. The van der Waals surface area contributed by atoms with E-state index in [0.29, 0.717) is 19.6 Å². The van der Waals surface area contributed by atoms with Crippen molar-refractivity contribution < 1.29 is 14.3 Å². The van der Waals surface area contributed by atoms with E-state index in [4.69, 9.17) is 4.74 Å². The summed E-state index contributed by atoms with van der Waals surface area (Å²) in [6, 6.07) is 0.162. The Hall–Kier alpha value is -1.89. The average molecular weight is 318 g/mol. The molecule has 7 heteroatoms. The first kappa shape index (κ1) is 14.7. The molecular weight excluding hydrogens is 296 g/mol. The van der Waals surface area contributed by atoms with Crippen molar-refractivity contribution in [1.82, 2.24) is 14.7 Å². The molecule has 0 radical (unpaired) electrons. The number of rotatable bonds is 2. The largest absolute Gasteiger partial charge is 0.368 e. The van der Waals surface area contributed by atoms with E-state index in [1.54, 1.807) is 10.9 Å². The molecule has 0 saturated carbocycles. The summed E-state index contributed by atoms with van der Waals surface area (Å²) in [6.07, 6.45) is 7.14. The van der Waals surface area contributed by atoms with Crippen LogP contribution < -0.4 is 4.90 Å². The molecule has 3 aliphatic heterocycles. The van der Waals surface area contributed by atoms with Crippen LogP contribution in [0.5, 0.6) is 0 Å². The number of aryl methyl sites for hydroxylation is 1. The molecule has 1 aromatic rings. The molecule has 4 rings (SSSR count). The van der Waals surface area contributed by atoms with Crippen LogP contribution >= 0.6 is 0 Å². The maximum Gasteiger partial charge on any atom is 0.252 e. The van der Waals surface area contributed by atoms with Gasteiger partial charge in [-0.2, -0.15) is 5.10 Å². The third kappa shape index (κ3) is 2.43. The van der Waals surface area contributed by atoms with Crippen molar-refractivity contribution in [3.63, 3.8) is 0 Å². The Morgan fingerprint density at radius 1 is 1.30 bits per heavy atom. The van der Waals surface area contributed by atoms with Gasteiger partial charge in [0.1, 0.15) is 6.10 Å². The summed E-state index contributed by atoms with van der Waals surface area (Å²) >= 11 is 0. The molecule has 2 amide bonds. The Balaban J connectivity index is 1.56. The van der Waals surface area contributed by atoms with E-state index in [2.05, 4.69) is 5.10 Å². The van der Waals surface area contributed by atoms with Crippen LogP contribution in [0, 0.1) is 0 Å². The quantitative estimate of drug-likeness (QED) is 0.805. The number of anilines is 1. The van der Waals surface area contributed by atoms with E-state index in [0.717, 1.165) is 31.4 Å². The molecule has 3 saturated heterocycles. The maximum atomic E-state index is 12.7. The van der Waals surface area contributed by atoms with Gasteiger partial charge in [-0.1, -0.05) is 0 Å². The molecule has 1 unspecified atom stereocenters. The van der Waals surface area contributed by atoms with Crippen LogP contribution in [0.3, 0.4) is 0 Å². The average Bonchev–Trinajstić information content (AvgIpc) is 3.26. The highest BCUT2D eigenvalue weighted by atomic mass is 16.5. The van der Waals surface area contributed by atoms with E-state index >= 15 is 0 Å². The summed E-state index contributed by atoms with van der Waals surface area (Å²) in [5.41, 5.74) is 0.832.